The smallest absolute Gasteiger partial charge is 0.271 e. The first-order valence-electron chi connectivity index (χ1n) is 6.67. The Hall–Kier alpha value is -1.93. The molecule has 0 spiro atoms. The van der Waals surface area contributed by atoms with Crippen LogP contribution in [0.25, 0.3) is 11.0 Å². The van der Waals surface area contributed by atoms with Gasteiger partial charge in [-0.2, -0.15) is 0 Å². The van der Waals surface area contributed by atoms with Gasteiger partial charge >= 0.3 is 0 Å². The van der Waals surface area contributed by atoms with Gasteiger partial charge in [-0.1, -0.05) is 0 Å². The van der Waals surface area contributed by atoms with Crippen molar-refractivity contribution < 1.29 is 9.13 Å². The molecule has 1 N–H and O–H groups in total. The Morgan fingerprint density at radius 3 is 2.95 bits per heavy atom. The minimum atomic E-state index is -1.21. The van der Waals surface area contributed by atoms with Gasteiger partial charge in [0.25, 0.3) is 5.69 Å². The highest BCUT2D eigenvalue weighted by Gasteiger charge is 2.22. The molecule has 1 aromatic heterocycles. The summed E-state index contributed by atoms with van der Waals surface area (Å²) in [6, 6.07) is 4.30. The zero-order valence-electron chi connectivity index (χ0n) is 11.2. The molecule has 0 saturated carbocycles. The number of fused-ring (bicyclic) bond motifs is 1. The van der Waals surface area contributed by atoms with E-state index in [1.807, 2.05) is 0 Å². The third kappa shape index (κ3) is 2.91. The quantitative estimate of drug-likeness (QED) is 0.680. The van der Waals surface area contributed by atoms with Crippen molar-refractivity contribution in [1.29, 1.82) is 0 Å². The lowest BCUT2D eigenvalue weighted by molar-refractivity contribution is -0.384. The summed E-state index contributed by atoms with van der Waals surface area (Å²) in [5.74, 6) is 0. The van der Waals surface area contributed by atoms with Crippen LogP contribution < -0.4 is 5.32 Å². The third-order valence-electron chi connectivity index (χ3n) is 3.48. The average Bonchev–Trinajstić information content (AvgIpc) is 2.54. The van der Waals surface area contributed by atoms with Crippen LogP contribution in [0.15, 0.2) is 29.4 Å². The van der Waals surface area contributed by atoms with Gasteiger partial charge in [-0.25, -0.2) is 4.98 Å². The van der Waals surface area contributed by atoms with Gasteiger partial charge in [0.15, 0.2) is 0 Å². The molecular formula is C13H14N4O3S. The molecule has 1 aromatic carbocycles. The van der Waals surface area contributed by atoms with E-state index in [1.165, 1.54) is 18.3 Å². The first kappa shape index (κ1) is 14.0. The number of aromatic nitrogens is 2. The highest BCUT2D eigenvalue weighted by atomic mass is 32.2. The Balaban J connectivity index is 1.91. The molecule has 1 aliphatic rings. The molecule has 21 heavy (non-hydrogen) atoms. The number of rotatable bonds is 3. The van der Waals surface area contributed by atoms with Gasteiger partial charge in [-0.05, 0) is 25.5 Å². The first-order valence-corrected chi connectivity index (χ1v) is 7.89. The number of hydrogen-bond acceptors (Lipinski definition) is 6. The van der Waals surface area contributed by atoms with Crippen LogP contribution in [0.4, 0.5) is 5.69 Å². The predicted octanol–water partition coefficient (Wildman–Crippen LogP) is 1.40. The average molecular weight is 306 g/mol. The van der Waals surface area contributed by atoms with Crippen LogP contribution in [0.5, 0.6) is 0 Å². The van der Waals surface area contributed by atoms with Crippen molar-refractivity contribution in [3.8, 4) is 0 Å². The topological polar surface area (TPSA) is 98.0 Å². The Labute approximate surface area is 123 Å². The maximum Gasteiger partial charge on any atom is 0.271 e. The van der Waals surface area contributed by atoms with Crippen molar-refractivity contribution in [3.05, 3.63) is 34.5 Å². The summed E-state index contributed by atoms with van der Waals surface area (Å²) < 4.78 is 12.5. The summed E-state index contributed by atoms with van der Waals surface area (Å²) in [6.07, 6.45) is 3.36. The number of hydrogen-bond donors (Lipinski definition) is 1. The van der Waals surface area contributed by atoms with Crippen molar-refractivity contribution in [3.63, 3.8) is 0 Å². The Bertz CT molecular complexity index is 716. The van der Waals surface area contributed by atoms with Crippen LogP contribution in [0.1, 0.15) is 12.8 Å². The number of benzene rings is 1. The molecule has 0 bridgehead atoms. The van der Waals surface area contributed by atoms with E-state index >= 15 is 0 Å². The fourth-order valence-corrected chi connectivity index (χ4v) is 3.70. The number of nitro benzene ring substituents is 1. The molecule has 1 fully saturated rings. The number of non-ortho nitro benzene ring substituents is 1. The van der Waals surface area contributed by atoms with Crippen molar-refractivity contribution in [1.82, 2.24) is 15.3 Å². The zero-order valence-corrected chi connectivity index (χ0v) is 12.0. The Kier molecular flexibility index (Phi) is 3.89. The number of piperidine rings is 1. The maximum atomic E-state index is 12.5. The second kappa shape index (κ2) is 5.82. The lowest BCUT2D eigenvalue weighted by Gasteiger charge is -2.21. The number of nitrogens with zero attached hydrogens (tertiary/aromatic N) is 3. The molecule has 3 rings (SSSR count). The summed E-state index contributed by atoms with van der Waals surface area (Å²) in [7, 11) is -1.21. The highest BCUT2D eigenvalue weighted by molar-refractivity contribution is 7.85. The van der Waals surface area contributed by atoms with Crippen LogP contribution >= 0.6 is 0 Å². The van der Waals surface area contributed by atoms with Crippen molar-refractivity contribution in [2.24, 2.45) is 0 Å². The molecule has 0 amide bonds. The molecule has 7 nitrogen and oxygen atoms in total. The molecule has 1 saturated heterocycles. The molecule has 0 aliphatic carbocycles. The minimum absolute atomic E-state index is 0.0258. The summed E-state index contributed by atoms with van der Waals surface area (Å²) in [4.78, 5) is 18.8. The normalized spacial score (nSPS) is 20.3. The van der Waals surface area contributed by atoms with Gasteiger partial charge in [-0.15, -0.1) is 0 Å². The Morgan fingerprint density at radius 2 is 2.24 bits per heavy atom. The molecule has 2 heterocycles. The molecule has 8 heteroatoms. The molecule has 2 aromatic rings. The van der Waals surface area contributed by atoms with Crippen molar-refractivity contribution in [2.45, 2.75) is 23.1 Å². The van der Waals surface area contributed by atoms with E-state index < -0.39 is 15.7 Å². The summed E-state index contributed by atoms with van der Waals surface area (Å²) in [5, 5.41) is 14.4. The van der Waals surface area contributed by atoms with Crippen LogP contribution in [0, 0.1) is 10.1 Å². The molecule has 0 unspecified atom stereocenters. The summed E-state index contributed by atoms with van der Waals surface area (Å²) in [5.41, 5.74) is 0.934. The number of nitrogens with one attached hydrogen (secondary N) is 1. The molecule has 2 atom stereocenters. The molecule has 1 aliphatic heterocycles. The second-order valence-electron chi connectivity index (χ2n) is 4.90. The van der Waals surface area contributed by atoms with Crippen molar-refractivity contribution in [2.75, 3.05) is 13.1 Å². The standard InChI is InChI=1S/C13H14N4O3S/c18-17(19)9-3-4-11-12(6-9)15-8-13(16-11)21(20)10-2-1-5-14-7-10/h3-4,6,8,10,14H,1-2,5,7H2/t10-,21-/m0/s1. The van der Waals surface area contributed by atoms with Crippen LogP contribution in [-0.4, -0.2) is 37.4 Å². The lowest BCUT2D eigenvalue weighted by Crippen LogP contribution is -2.36. The van der Waals surface area contributed by atoms with Gasteiger partial charge in [0.2, 0.25) is 0 Å². The van der Waals surface area contributed by atoms with E-state index in [-0.39, 0.29) is 10.9 Å². The summed E-state index contributed by atoms with van der Waals surface area (Å²) >= 11 is 0. The fourth-order valence-electron chi connectivity index (χ4n) is 2.37. The van der Waals surface area contributed by atoms with Gasteiger partial charge < -0.3 is 5.32 Å². The number of nitro groups is 1. The SMILES string of the molecule is O=[N+]([O-])c1ccc2nc([S@@](=O)[C@H]3CCCNC3)cnc2c1. The molecule has 110 valence electrons. The van der Waals surface area contributed by atoms with E-state index in [2.05, 4.69) is 15.3 Å². The second-order valence-corrected chi connectivity index (χ2v) is 6.58. The predicted molar refractivity (Wildman–Crippen MR) is 78.5 cm³/mol. The zero-order chi connectivity index (χ0) is 14.8. The van der Waals surface area contributed by atoms with Gasteiger partial charge in [-0.3, -0.25) is 19.3 Å². The highest BCUT2D eigenvalue weighted by Crippen LogP contribution is 2.20. The monoisotopic (exact) mass is 306 g/mol. The van der Waals surface area contributed by atoms with E-state index in [0.717, 1.165) is 19.4 Å². The minimum Gasteiger partial charge on any atom is -0.316 e. The van der Waals surface area contributed by atoms with Crippen LogP contribution in [0.2, 0.25) is 0 Å². The largest absolute Gasteiger partial charge is 0.316 e. The fraction of sp³-hybridized carbons (Fsp3) is 0.385. The van der Waals surface area contributed by atoms with E-state index in [1.54, 1.807) is 6.07 Å². The van der Waals surface area contributed by atoms with E-state index in [0.29, 0.717) is 22.6 Å². The third-order valence-corrected chi connectivity index (χ3v) is 5.09. The first-order chi connectivity index (χ1) is 10.1. The van der Waals surface area contributed by atoms with E-state index in [9.17, 15) is 14.3 Å². The Morgan fingerprint density at radius 1 is 1.38 bits per heavy atom. The summed E-state index contributed by atoms with van der Waals surface area (Å²) in [6.45, 7) is 1.67. The van der Waals surface area contributed by atoms with Gasteiger partial charge in [0, 0.05) is 18.7 Å². The van der Waals surface area contributed by atoms with E-state index in [4.69, 9.17) is 0 Å². The lowest BCUT2D eigenvalue weighted by atomic mass is 10.2. The van der Waals surface area contributed by atoms with Gasteiger partial charge in [0.1, 0.15) is 5.03 Å². The van der Waals surface area contributed by atoms with Gasteiger partial charge in [0.05, 0.1) is 38.2 Å². The van der Waals surface area contributed by atoms with Crippen LogP contribution in [0.3, 0.4) is 0 Å². The maximum absolute atomic E-state index is 12.5. The van der Waals surface area contributed by atoms with Crippen LogP contribution in [-0.2, 0) is 10.8 Å². The molecule has 0 radical (unpaired) electrons. The van der Waals surface area contributed by atoms with Crippen molar-refractivity contribution >= 4 is 27.5 Å². The molecular weight excluding hydrogens is 292 g/mol.